The van der Waals surface area contributed by atoms with Gasteiger partial charge in [-0.1, -0.05) is 51.8 Å². The van der Waals surface area contributed by atoms with E-state index >= 15 is 0 Å². The zero-order chi connectivity index (χ0) is 15.4. The van der Waals surface area contributed by atoms with Crippen LogP contribution in [0.15, 0.2) is 46.9 Å². The highest BCUT2D eigenvalue weighted by Crippen LogP contribution is 2.26. The number of hydrogen-bond donors (Lipinski definition) is 1. The van der Waals surface area contributed by atoms with Crippen LogP contribution in [0.1, 0.15) is 17.2 Å². The second-order valence-electron chi connectivity index (χ2n) is 4.93. The Morgan fingerprint density at radius 1 is 1.29 bits per heavy atom. The van der Waals surface area contributed by atoms with Crippen LogP contribution in [0.2, 0.25) is 5.02 Å². The highest BCUT2D eigenvalue weighted by atomic mass is 79.9. The van der Waals surface area contributed by atoms with Crippen molar-refractivity contribution in [2.45, 2.75) is 12.6 Å². The number of benzene rings is 2. The Kier molecular flexibility index (Phi) is 5.76. The maximum atomic E-state index is 13.6. The lowest BCUT2D eigenvalue weighted by Crippen LogP contribution is -2.30. The van der Waals surface area contributed by atoms with E-state index in [0.717, 1.165) is 15.6 Å². The summed E-state index contributed by atoms with van der Waals surface area (Å²) in [6.45, 7) is 1.12. The minimum absolute atomic E-state index is 0.0659. The Balaban J connectivity index is 2.20. The number of nitrogens with two attached hydrogens (primary N) is 1. The molecule has 2 aromatic carbocycles. The van der Waals surface area contributed by atoms with Crippen LogP contribution in [0.3, 0.4) is 0 Å². The molecule has 2 N–H and O–H groups in total. The third-order valence-corrected chi connectivity index (χ3v) is 4.54. The monoisotopic (exact) mass is 370 g/mol. The number of halogens is 3. The fourth-order valence-corrected chi connectivity index (χ4v) is 2.82. The molecular weight excluding hydrogens is 355 g/mol. The van der Waals surface area contributed by atoms with E-state index in [4.69, 9.17) is 17.3 Å². The van der Waals surface area contributed by atoms with Crippen molar-refractivity contribution in [1.82, 2.24) is 4.90 Å². The molecule has 0 aliphatic rings. The molecule has 0 fully saturated rings. The minimum Gasteiger partial charge on any atom is -0.329 e. The van der Waals surface area contributed by atoms with Crippen LogP contribution < -0.4 is 5.73 Å². The largest absolute Gasteiger partial charge is 0.329 e. The van der Waals surface area contributed by atoms with Crippen molar-refractivity contribution in [3.05, 3.63) is 68.9 Å². The molecule has 0 saturated heterocycles. The van der Waals surface area contributed by atoms with Crippen molar-refractivity contribution in [3.8, 4) is 0 Å². The van der Waals surface area contributed by atoms with Gasteiger partial charge in [-0.15, -0.1) is 0 Å². The second kappa shape index (κ2) is 7.36. The molecule has 0 aliphatic heterocycles. The molecule has 2 rings (SSSR count). The van der Waals surface area contributed by atoms with Crippen molar-refractivity contribution in [1.29, 1.82) is 0 Å². The van der Waals surface area contributed by atoms with Crippen LogP contribution in [-0.4, -0.2) is 18.5 Å². The lowest BCUT2D eigenvalue weighted by atomic mass is 10.0. The van der Waals surface area contributed by atoms with E-state index in [-0.39, 0.29) is 11.1 Å². The van der Waals surface area contributed by atoms with Crippen LogP contribution in [-0.2, 0) is 6.54 Å². The van der Waals surface area contributed by atoms with Gasteiger partial charge < -0.3 is 5.73 Å². The van der Waals surface area contributed by atoms with E-state index in [0.29, 0.717) is 13.1 Å². The molecule has 0 amide bonds. The summed E-state index contributed by atoms with van der Waals surface area (Å²) in [5, 5.41) is 0.128. The molecule has 0 aliphatic carbocycles. The number of hydrogen-bond acceptors (Lipinski definition) is 2. The summed E-state index contributed by atoms with van der Waals surface area (Å²) in [6, 6.07) is 12.8. The maximum Gasteiger partial charge on any atom is 0.142 e. The molecule has 0 radical (unpaired) electrons. The lowest BCUT2D eigenvalue weighted by Gasteiger charge is -2.28. The molecule has 5 heteroatoms. The summed E-state index contributed by atoms with van der Waals surface area (Å²) in [5.74, 6) is -0.415. The van der Waals surface area contributed by atoms with Crippen molar-refractivity contribution in [3.63, 3.8) is 0 Å². The zero-order valence-electron chi connectivity index (χ0n) is 11.7. The Morgan fingerprint density at radius 2 is 2.00 bits per heavy atom. The smallest absolute Gasteiger partial charge is 0.142 e. The van der Waals surface area contributed by atoms with Crippen molar-refractivity contribution in [2.24, 2.45) is 5.73 Å². The van der Waals surface area contributed by atoms with E-state index < -0.39 is 5.82 Å². The van der Waals surface area contributed by atoms with E-state index in [1.165, 1.54) is 6.07 Å². The Labute approximate surface area is 137 Å². The third kappa shape index (κ3) is 4.04. The first-order valence-electron chi connectivity index (χ1n) is 6.61. The molecule has 0 saturated carbocycles. The quantitative estimate of drug-likeness (QED) is 0.845. The summed E-state index contributed by atoms with van der Waals surface area (Å²) in [7, 11) is 1.98. The van der Waals surface area contributed by atoms with Crippen LogP contribution >= 0.6 is 27.5 Å². The van der Waals surface area contributed by atoms with Gasteiger partial charge in [-0.05, 0) is 36.4 Å². The molecular formula is C16H17BrClFN2. The first kappa shape index (κ1) is 16.4. The van der Waals surface area contributed by atoms with E-state index in [9.17, 15) is 4.39 Å². The predicted octanol–water partition coefficient (Wildman–Crippen LogP) is 4.37. The topological polar surface area (TPSA) is 29.3 Å². The van der Waals surface area contributed by atoms with E-state index in [1.807, 2.05) is 31.3 Å². The van der Waals surface area contributed by atoms with Crippen molar-refractivity contribution >= 4 is 27.5 Å². The van der Waals surface area contributed by atoms with Crippen LogP contribution in [0.4, 0.5) is 4.39 Å². The molecule has 0 spiro atoms. The van der Waals surface area contributed by atoms with Crippen LogP contribution in [0, 0.1) is 5.82 Å². The van der Waals surface area contributed by atoms with E-state index in [1.54, 1.807) is 6.07 Å². The summed E-state index contributed by atoms with van der Waals surface area (Å²) in [6.07, 6.45) is 0. The summed E-state index contributed by atoms with van der Waals surface area (Å²) < 4.78 is 14.7. The van der Waals surface area contributed by atoms with Gasteiger partial charge in [-0.2, -0.15) is 0 Å². The number of rotatable bonds is 5. The second-order valence-corrected chi connectivity index (χ2v) is 6.19. The number of likely N-dealkylation sites (N-methyl/N-ethyl adjacent to an activating group) is 1. The van der Waals surface area contributed by atoms with Gasteiger partial charge in [0.1, 0.15) is 5.82 Å². The highest BCUT2D eigenvalue weighted by molar-refractivity contribution is 9.10. The Morgan fingerprint density at radius 3 is 2.62 bits per heavy atom. The fourth-order valence-electron chi connectivity index (χ4n) is 2.30. The van der Waals surface area contributed by atoms with Crippen LogP contribution in [0.25, 0.3) is 0 Å². The standard InChI is InChI=1S/C16H17BrClFN2/c1-21(10-12-4-2-3-5-13(12)17)16(9-20)11-6-7-14(18)15(19)8-11/h2-8,16H,9-10,20H2,1H3. The van der Waals surface area contributed by atoms with Gasteiger partial charge in [0.25, 0.3) is 0 Å². The minimum atomic E-state index is -0.415. The van der Waals surface area contributed by atoms with Gasteiger partial charge >= 0.3 is 0 Å². The van der Waals surface area contributed by atoms with Gasteiger partial charge in [0.05, 0.1) is 5.02 Å². The zero-order valence-corrected chi connectivity index (χ0v) is 14.0. The average Bonchev–Trinajstić information content (AvgIpc) is 2.46. The molecule has 21 heavy (non-hydrogen) atoms. The summed E-state index contributed by atoms with van der Waals surface area (Å²) in [5.41, 5.74) is 7.86. The Hall–Kier alpha value is -0.940. The summed E-state index contributed by atoms with van der Waals surface area (Å²) in [4.78, 5) is 2.10. The average molecular weight is 372 g/mol. The molecule has 0 bridgehead atoms. The molecule has 2 nitrogen and oxygen atoms in total. The SMILES string of the molecule is CN(Cc1ccccc1Br)C(CN)c1ccc(Cl)c(F)c1. The molecule has 0 heterocycles. The fraction of sp³-hybridized carbons (Fsp3) is 0.250. The maximum absolute atomic E-state index is 13.6. The molecule has 2 aromatic rings. The first-order chi connectivity index (χ1) is 10.0. The van der Waals surface area contributed by atoms with Crippen molar-refractivity contribution < 1.29 is 4.39 Å². The van der Waals surface area contributed by atoms with Gasteiger partial charge in [0.2, 0.25) is 0 Å². The number of nitrogens with zero attached hydrogens (tertiary/aromatic N) is 1. The summed E-state index contributed by atoms with van der Waals surface area (Å²) >= 11 is 9.27. The highest BCUT2D eigenvalue weighted by Gasteiger charge is 2.17. The van der Waals surface area contributed by atoms with Gasteiger partial charge in [-0.3, -0.25) is 4.90 Å². The van der Waals surface area contributed by atoms with Gasteiger partial charge in [-0.25, -0.2) is 4.39 Å². The molecule has 1 unspecified atom stereocenters. The van der Waals surface area contributed by atoms with Gasteiger partial charge in [0.15, 0.2) is 0 Å². The predicted molar refractivity (Wildman–Crippen MR) is 88.8 cm³/mol. The van der Waals surface area contributed by atoms with Crippen LogP contribution in [0.5, 0.6) is 0 Å². The normalized spacial score (nSPS) is 12.7. The van der Waals surface area contributed by atoms with E-state index in [2.05, 4.69) is 26.9 Å². The molecule has 1 atom stereocenters. The van der Waals surface area contributed by atoms with Gasteiger partial charge in [0, 0.05) is 23.6 Å². The first-order valence-corrected chi connectivity index (χ1v) is 7.78. The lowest BCUT2D eigenvalue weighted by molar-refractivity contribution is 0.241. The molecule has 0 aromatic heterocycles. The third-order valence-electron chi connectivity index (χ3n) is 3.46. The van der Waals surface area contributed by atoms with Crippen molar-refractivity contribution in [2.75, 3.05) is 13.6 Å². The molecule has 112 valence electrons. The Bertz CT molecular complexity index is 621.